The van der Waals surface area contributed by atoms with Crippen LogP contribution < -0.4 is 5.32 Å². The van der Waals surface area contributed by atoms with Gasteiger partial charge in [-0.25, -0.2) is 9.18 Å². The second-order valence-corrected chi connectivity index (χ2v) is 3.90. The highest BCUT2D eigenvalue weighted by Crippen LogP contribution is 2.14. The molecule has 0 aliphatic rings. The molecule has 0 spiro atoms. The van der Waals surface area contributed by atoms with Crippen LogP contribution in [0.4, 0.5) is 10.1 Å². The third kappa shape index (κ3) is 3.22. The number of ether oxygens (including phenoxy) is 1. The van der Waals surface area contributed by atoms with Gasteiger partial charge in [-0.2, -0.15) is 0 Å². The Morgan fingerprint density at radius 3 is 2.31 bits per heavy atom. The van der Waals surface area contributed by atoms with E-state index in [-0.39, 0.29) is 17.7 Å². The summed E-state index contributed by atoms with van der Waals surface area (Å²) in [5, 5.41) is 3.02. The van der Waals surface area contributed by atoms with E-state index in [1.807, 2.05) is 13.8 Å². The van der Waals surface area contributed by atoms with Crippen LogP contribution in [0.15, 0.2) is 24.3 Å². The molecule has 0 unspecified atom stereocenters. The molecule has 3 nitrogen and oxygen atoms in total. The minimum atomic E-state index is -0.421. The highest BCUT2D eigenvalue weighted by Gasteiger charge is 2.22. The van der Waals surface area contributed by atoms with Gasteiger partial charge in [0, 0.05) is 5.69 Å². The van der Waals surface area contributed by atoms with Crippen LogP contribution in [0.25, 0.3) is 0 Å². The molecular weight excluding hydrogens is 209 g/mol. The van der Waals surface area contributed by atoms with Crippen LogP contribution in [0.2, 0.25) is 0 Å². The van der Waals surface area contributed by atoms with Crippen molar-refractivity contribution in [3.63, 3.8) is 0 Å². The number of methoxy groups -OCH3 is 1. The summed E-state index contributed by atoms with van der Waals surface area (Å²) in [6.07, 6.45) is 0. The second-order valence-electron chi connectivity index (χ2n) is 3.90. The average Bonchev–Trinajstić information content (AvgIpc) is 2.27. The zero-order chi connectivity index (χ0) is 12.1. The summed E-state index contributed by atoms with van der Waals surface area (Å²) in [6, 6.07) is 5.45. The monoisotopic (exact) mass is 225 g/mol. The molecule has 1 N–H and O–H groups in total. The SMILES string of the molecule is COC(=O)[C@@H](Nc1ccc(F)cc1)C(C)C. The molecule has 4 heteroatoms. The molecule has 1 aromatic carbocycles. The lowest BCUT2D eigenvalue weighted by molar-refractivity contribution is -0.142. The Hall–Kier alpha value is -1.58. The highest BCUT2D eigenvalue weighted by molar-refractivity contribution is 5.79. The summed E-state index contributed by atoms with van der Waals surface area (Å²) in [5.41, 5.74) is 0.700. The summed E-state index contributed by atoms with van der Waals surface area (Å²) in [5.74, 6) is -0.526. The Balaban J connectivity index is 2.75. The van der Waals surface area contributed by atoms with Gasteiger partial charge in [-0.1, -0.05) is 13.8 Å². The van der Waals surface area contributed by atoms with E-state index in [9.17, 15) is 9.18 Å². The smallest absolute Gasteiger partial charge is 0.328 e. The normalized spacial score (nSPS) is 12.3. The predicted molar refractivity (Wildman–Crippen MR) is 60.7 cm³/mol. The van der Waals surface area contributed by atoms with Crippen molar-refractivity contribution in [3.8, 4) is 0 Å². The molecule has 16 heavy (non-hydrogen) atoms. The number of halogens is 1. The number of rotatable bonds is 4. The molecular formula is C12H16FNO2. The third-order valence-corrected chi connectivity index (χ3v) is 2.29. The van der Waals surface area contributed by atoms with Gasteiger partial charge in [0.15, 0.2) is 0 Å². The number of benzene rings is 1. The Kier molecular flexibility index (Phi) is 4.28. The van der Waals surface area contributed by atoms with Crippen LogP contribution in [0, 0.1) is 11.7 Å². The van der Waals surface area contributed by atoms with Gasteiger partial charge in [-0.3, -0.25) is 0 Å². The Morgan fingerprint density at radius 2 is 1.88 bits per heavy atom. The predicted octanol–water partition coefficient (Wildman–Crippen LogP) is 2.44. The number of nitrogens with one attached hydrogen (secondary N) is 1. The minimum Gasteiger partial charge on any atom is -0.467 e. The topological polar surface area (TPSA) is 38.3 Å². The average molecular weight is 225 g/mol. The lowest BCUT2D eigenvalue weighted by Gasteiger charge is -2.20. The fourth-order valence-corrected chi connectivity index (χ4v) is 1.35. The van der Waals surface area contributed by atoms with Gasteiger partial charge in [0.05, 0.1) is 7.11 Å². The molecule has 1 rings (SSSR count). The van der Waals surface area contributed by atoms with Crippen LogP contribution in [0.5, 0.6) is 0 Å². The second kappa shape index (κ2) is 5.49. The number of hydrogen-bond acceptors (Lipinski definition) is 3. The van der Waals surface area contributed by atoms with Gasteiger partial charge < -0.3 is 10.1 Å². The number of carbonyl (C=O) groups is 1. The summed E-state index contributed by atoms with van der Waals surface area (Å²) < 4.78 is 17.4. The van der Waals surface area contributed by atoms with Gasteiger partial charge in [0.25, 0.3) is 0 Å². The summed E-state index contributed by atoms with van der Waals surface area (Å²) >= 11 is 0. The first-order valence-electron chi connectivity index (χ1n) is 5.14. The van der Waals surface area contributed by atoms with E-state index in [2.05, 4.69) is 5.32 Å². The Morgan fingerprint density at radius 1 is 1.31 bits per heavy atom. The van der Waals surface area contributed by atoms with Crippen LogP contribution in [-0.4, -0.2) is 19.1 Å². The Labute approximate surface area is 94.6 Å². The maximum absolute atomic E-state index is 12.7. The molecule has 0 aliphatic carbocycles. The van der Waals surface area contributed by atoms with E-state index < -0.39 is 6.04 Å². The molecule has 0 amide bonds. The number of anilines is 1. The summed E-state index contributed by atoms with van der Waals surface area (Å²) in [7, 11) is 1.35. The molecule has 1 atom stereocenters. The van der Waals surface area contributed by atoms with Crippen molar-refractivity contribution in [3.05, 3.63) is 30.1 Å². The van der Waals surface area contributed by atoms with Crippen LogP contribution >= 0.6 is 0 Å². The van der Waals surface area contributed by atoms with Gasteiger partial charge in [0.2, 0.25) is 0 Å². The lowest BCUT2D eigenvalue weighted by atomic mass is 10.0. The molecule has 0 radical (unpaired) electrons. The first kappa shape index (κ1) is 12.5. The van der Waals surface area contributed by atoms with Gasteiger partial charge in [0.1, 0.15) is 11.9 Å². The summed E-state index contributed by atoms with van der Waals surface area (Å²) in [4.78, 5) is 11.5. The van der Waals surface area contributed by atoms with E-state index in [0.717, 1.165) is 0 Å². The largest absolute Gasteiger partial charge is 0.467 e. The molecule has 0 bridgehead atoms. The molecule has 0 saturated carbocycles. The van der Waals surface area contributed by atoms with E-state index in [1.54, 1.807) is 12.1 Å². The molecule has 0 aromatic heterocycles. The van der Waals surface area contributed by atoms with E-state index >= 15 is 0 Å². The molecule has 88 valence electrons. The van der Waals surface area contributed by atoms with E-state index in [1.165, 1.54) is 19.2 Å². The van der Waals surface area contributed by atoms with Crippen molar-refractivity contribution in [1.29, 1.82) is 0 Å². The van der Waals surface area contributed by atoms with Crippen LogP contribution in [0.3, 0.4) is 0 Å². The van der Waals surface area contributed by atoms with Crippen molar-refractivity contribution < 1.29 is 13.9 Å². The summed E-state index contributed by atoms with van der Waals surface area (Å²) in [6.45, 7) is 3.83. The lowest BCUT2D eigenvalue weighted by Crippen LogP contribution is -2.35. The first-order valence-corrected chi connectivity index (χ1v) is 5.14. The molecule has 1 aromatic rings. The zero-order valence-corrected chi connectivity index (χ0v) is 9.66. The molecule has 0 fully saturated rings. The van der Waals surface area contributed by atoms with Gasteiger partial charge in [-0.15, -0.1) is 0 Å². The fourth-order valence-electron chi connectivity index (χ4n) is 1.35. The minimum absolute atomic E-state index is 0.0949. The maximum Gasteiger partial charge on any atom is 0.328 e. The van der Waals surface area contributed by atoms with Crippen molar-refractivity contribution >= 4 is 11.7 Å². The van der Waals surface area contributed by atoms with E-state index in [0.29, 0.717) is 5.69 Å². The maximum atomic E-state index is 12.7. The number of hydrogen-bond donors (Lipinski definition) is 1. The molecule has 0 heterocycles. The van der Waals surface area contributed by atoms with Crippen molar-refractivity contribution in [2.24, 2.45) is 5.92 Å². The molecule has 0 aliphatic heterocycles. The van der Waals surface area contributed by atoms with Crippen molar-refractivity contribution in [2.45, 2.75) is 19.9 Å². The zero-order valence-electron chi connectivity index (χ0n) is 9.66. The Bertz CT molecular complexity index is 349. The number of esters is 1. The fraction of sp³-hybridized carbons (Fsp3) is 0.417. The van der Waals surface area contributed by atoms with Crippen molar-refractivity contribution in [1.82, 2.24) is 0 Å². The number of carbonyl (C=O) groups excluding carboxylic acids is 1. The molecule has 0 saturated heterocycles. The van der Waals surface area contributed by atoms with Gasteiger partial charge >= 0.3 is 5.97 Å². The van der Waals surface area contributed by atoms with Gasteiger partial charge in [-0.05, 0) is 30.2 Å². The standard InChI is InChI=1S/C12H16FNO2/c1-8(2)11(12(15)16-3)14-10-6-4-9(13)5-7-10/h4-8,11,14H,1-3H3/t11-/m0/s1. The quantitative estimate of drug-likeness (QED) is 0.800. The first-order chi connectivity index (χ1) is 7.54. The van der Waals surface area contributed by atoms with Crippen molar-refractivity contribution in [2.75, 3.05) is 12.4 Å². The third-order valence-electron chi connectivity index (χ3n) is 2.29. The highest BCUT2D eigenvalue weighted by atomic mass is 19.1. The van der Waals surface area contributed by atoms with Crippen LogP contribution in [0.1, 0.15) is 13.8 Å². The van der Waals surface area contributed by atoms with E-state index in [4.69, 9.17) is 4.74 Å². The van der Waals surface area contributed by atoms with Crippen LogP contribution in [-0.2, 0) is 9.53 Å².